The Hall–Kier alpha value is -2.11. The van der Waals surface area contributed by atoms with Crippen LogP contribution in [0.3, 0.4) is 0 Å². The van der Waals surface area contributed by atoms with Gasteiger partial charge in [-0.15, -0.1) is 24.0 Å². The van der Waals surface area contributed by atoms with Crippen LogP contribution in [0.15, 0.2) is 33.8 Å². The Balaban J connectivity index is 0.00000420. The zero-order valence-electron chi connectivity index (χ0n) is 16.9. The highest BCUT2D eigenvalue weighted by molar-refractivity contribution is 14.0. The van der Waals surface area contributed by atoms with Crippen LogP contribution in [0.4, 0.5) is 8.78 Å². The average molecular weight is 524 g/mol. The van der Waals surface area contributed by atoms with Gasteiger partial charge in [0, 0.05) is 12.6 Å². The van der Waals surface area contributed by atoms with Gasteiger partial charge < -0.3 is 24.6 Å². The van der Waals surface area contributed by atoms with Crippen LogP contribution in [0.2, 0.25) is 0 Å². The minimum Gasteiger partial charge on any atom is -0.493 e. The first-order valence-electron chi connectivity index (χ1n) is 9.02. The zero-order chi connectivity index (χ0) is 20.5. The van der Waals surface area contributed by atoms with Crippen molar-refractivity contribution in [2.45, 2.75) is 46.4 Å². The summed E-state index contributed by atoms with van der Waals surface area (Å²) in [6.07, 6.45) is 0. The molecule has 0 atom stereocenters. The maximum absolute atomic E-state index is 12.6. The van der Waals surface area contributed by atoms with E-state index in [2.05, 4.69) is 25.5 Å². The maximum Gasteiger partial charge on any atom is 0.387 e. The van der Waals surface area contributed by atoms with Gasteiger partial charge in [-0.3, -0.25) is 0 Å². The van der Waals surface area contributed by atoms with Gasteiger partial charge in [0.05, 0.1) is 25.9 Å². The normalized spacial score (nSPS) is 11.4. The molecule has 0 aliphatic carbocycles. The lowest BCUT2D eigenvalue weighted by atomic mass is 10.1. The van der Waals surface area contributed by atoms with E-state index in [4.69, 9.17) is 9.26 Å². The number of aliphatic imine (C=N–C) groups is 1. The van der Waals surface area contributed by atoms with Gasteiger partial charge in [-0.1, -0.05) is 25.1 Å². The summed E-state index contributed by atoms with van der Waals surface area (Å²) < 4.78 is 39.9. The lowest BCUT2D eigenvalue weighted by Gasteiger charge is -2.12. The molecule has 2 rings (SSSR count). The van der Waals surface area contributed by atoms with Crippen LogP contribution in [0.5, 0.6) is 11.5 Å². The molecule has 29 heavy (non-hydrogen) atoms. The number of benzene rings is 1. The summed E-state index contributed by atoms with van der Waals surface area (Å²) in [5.74, 6) is 1.78. The Bertz CT molecular complexity index is 785. The van der Waals surface area contributed by atoms with Crippen LogP contribution < -0.4 is 20.1 Å². The molecule has 10 heteroatoms. The third-order valence-electron chi connectivity index (χ3n) is 3.81. The summed E-state index contributed by atoms with van der Waals surface area (Å²) in [6, 6.07) is 6.71. The van der Waals surface area contributed by atoms with Crippen LogP contribution in [0.25, 0.3) is 0 Å². The predicted molar refractivity (Wildman–Crippen MR) is 117 cm³/mol. The Morgan fingerprint density at radius 2 is 1.97 bits per heavy atom. The van der Waals surface area contributed by atoms with Gasteiger partial charge in [0.2, 0.25) is 0 Å². The molecule has 2 aromatic rings. The summed E-state index contributed by atoms with van der Waals surface area (Å²) >= 11 is 0. The molecule has 1 aromatic carbocycles. The number of nitrogens with one attached hydrogen (secondary N) is 2. The van der Waals surface area contributed by atoms with E-state index >= 15 is 0 Å². The molecule has 0 amide bonds. The largest absolute Gasteiger partial charge is 0.493 e. The third-order valence-corrected chi connectivity index (χ3v) is 3.81. The van der Waals surface area contributed by atoms with E-state index < -0.39 is 6.61 Å². The van der Waals surface area contributed by atoms with Crippen LogP contribution >= 0.6 is 24.0 Å². The quantitative estimate of drug-likeness (QED) is 0.290. The van der Waals surface area contributed by atoms with E-state index in [9.17, 15) is 8.78 Å². The van der Waals surface area contributed by atoms with E-state index in [0.29, 0.717) is 36.3 Å². The van der Waals surface area contributed by atoms with E-state index in [1.54, 1.807) is 12.1 Å². The molecule has 0 fully saturated rings. The molecule has 0 aliphatic rings. The highest BCUT2D eigenvalue weighted by Crippen LogP contribution is 2.29. The van der Waals surface area contributed by atoms with Crippen molar-refractivity contribution in [3.63, 3.8) is 0 Å². The van der Waals surface area contributed by atoms with Crippen molar-refractivity contribution in [2.24, 2.45) is 4.99 Å². The Kier molecular flexibility index (Phi) is 10.7. The lowest BCUT2D eigenvalue weighted by Crippen LogP contribution is -2.36. The Morgan fingerprint density at radius 1 is 1.21 bits per heavy atom. The van der Waals surface area contributed by atoms with Crippen molar-refractivity contribution < 1.29 is 22.8 Å². The number of aromatic nitrogens is 1. The summed E-state index contributed by atoms with van der Waals surface area (Å²) in [7, 11) is 1.40. The average Bonchev–Trinajstić information content (AvgIpc) is 3.13. The standard InChI is InChI=1S/C19H26F2N4O3.HI/c1-5-22-19(24-11-14-9-15(12(2)3)25-28-14)23-10-13-6-7-16(26-4)17(8-13)27-18(20)21;/h6-9,12,18H,5,10-11H2,1-4H3,(H2,22,23,24);1H. The van der Waals surface area contributed by atoms with E-state index in [1.165, 1.54) is 13.2 Å². The van der Waals surface area contributed by atoms with E-state index in [-0.39, 0.29) is 42.0 Å². The van der Waals surface area contributed by atoms with Gasteiger partial charge in [0.1, 0.15) is 0 Å². The topological polar surface area (TPSA) is 80.9 Å². The smallest absolute Gasteiger partial charge is 0.387 e. The monoisotopic (exact) mass is 524 g/mol. The van der Waals surface area contributed by atoms with Crippen LogP contribution in [-0.2, 0) is 13.1 Å². The highest BCUT2D eigenvalue weighted by atomic mass is 127. The summed E-state index contributed by atoms with van der Waals surface area (Å²) in [4.78, 5) is 4.46. The number of hydrogen-bond acceptors (Lipinski definition) is 5. The van der Waals surface area contributed by atoms with Crippen molar-refractivity contribution in [2.75, 3.05) is 13.7 Å². The van der Waals surface area contributed by atoms with E-state index in [0.717, 1.165) is 5.69 Å². The molecule has 2 N–H and O–H groups in total. The van der Waals surface area contributed by atoms with Crippen LogP contribution in [0, 0.1) is 0 Å². The first-order chi connectivity index (χ1) is 13.4. The lowest BCUT2D eigenvalue weighted by molar-refractivity contribution is -0.0512. The van der Waals surface area contributed by atoms with Gasteiger partial charge >= 0.3 is 6.61 Å². The van der Waals surface area contributed by atoms with Crippen molar-refractivity contribution >= 4 is 29.9 Å². The molecule has 0 aliphatic heterocycles. The van der Waals surface area contributed by atoms with Crippen molar-refractivity contribution in [1.82, 2.24) is 15.8 Å². The number of hydrogen-bond donors (Lipinski definition) is 2. The second-order valence-electron chi connectivity index (χ2n) is 6.29. The van der Waals surface area contributed by atoms with Crippen molar-refractivity contribution in [3.05, 3.63) is 41.3 Å². The highest BCUT2D eigenvalue weighted by Gasteiger charge is 2.12. The summed E-state index contributed by atoms with van der Waals surface area (Å²) in [5, 5.41) is 10.3. The van der Waals surface area contributed by atoms with Gasteiger partial charge in [0.15, 0.2) is 23.2 Å². The molecule has 0 spiro atoms. The fourth-order valence-corrected chi connectivity index (χ4v) is 2.37. The number of halogens is 3. The van der Waals surface area contributed by atoms with Gasteiger partial charge in [0.25, 0.3) is 0 Å². The predicted octanol–water partition coefficient (Wildman–Crippen LogP) is 4.28. The van der Waals surface area contributed by atoms with Crippen molar-refractivity contribution in [1.29, 1.82) is 0 Å². The van der Waals surface area contributed by atoms with E-state index in [1.807, 2.05) is 26.8 Å². The SMILES string of the molecule is CCNC(=NCc1ccc(OC)c(OC(F)F)c1)NCc1cc(C(C)C)no1.I. The molecule has 0 unspecified atom stereocenters. The Morgan fingerprint density at radius 3 is 2.55 bits per heavy atom. The number of ether oxygens (including phenoxy) is 2. The fraction of sp³-hybridized carbons (Fsp3) is 0.474. The molecule has 0 saturated carbocycles. The number of alkyl halides is 2. The summed E-state index contributed by atoms with van der Waals surface area (Å²) in [5.41, 5.74) is 1.60. The first-order valence-corrected chi connectivity index (χ1v) is 9.02. The number of guanidine groups is 1. The van der Waals surface area contributed by atoms with Crippen LogP contribution in [-0.4, -0.2) is 31.4 Å². The second kappa shape index (κ2) is 12.5. The number of rotatable bonds is 9. The molecular weight excluding hydrogens is 497 g/mol. The molecule has 162 valence electrons. The second-order valence-corrected chi connectivity index (χ2v) is 6.29. The maximum atomic E-state index is 12.6. The number of nitrogens with zero attached hydrogens (tertiary/aromatic N) is 2. The molecule has 0 radical (unpaired) electrons. The molecule has 7 nitrogen and oxygen atoms in total. The molecule has 0 saturated heterocycles. The van der Waals surface area contributed by atoms with Crippen LogP contribution in [0.1, 0.15) is 43.7 Å². The van der Waals surface area contributed by atoms with Gasteiger partial charge in [-0.2, -0.15) is 8.78 Å². The number of methoxy groups -OCH3 is 1. The minimum atomic E-state index is -2.93. The van der Waals surface area contributed by atoms with Gasteiger partial charge in [-0.25, -0.2) is 4.99 Å². The third kappa shape index (κ3) is 8.03. The molecular formula is C19H27F2IN4O3. The fourth-order valence-electron chi connectivity index (χ4n) is 2.37. The minimum absolute atomic E-state index is 0. The molecule has 0 bridgehead atoms. The first kappa shape index (κ1) is 24.9. The molecule has 1 heterocycles. The Labute approximate surface area is 186 Å². The van der Waals surface area contributed by atoms with Crippen molar-refractivity contribution in [3.8, 4) is 11.5 Å². The summed E-state index contributed by atoms with van der Waals surface area (Å²) in [6.45, 7) is 4.47. The van der Waals surface area contributed by atoms with Gasteiger partial charge in [-0.05, 0) is 30.5 Å². The molecule has 1 aromatic heterocycles. The zero-order valence-corrected chi connectivity index (χ0v) is 19.2.